The van der Waals surface area contributed by atoms with Crippen LogP contribution in [-0.2, 0) is 28.5 Å². The van der Waals surface area contributed by atoms with Gasteiger partial charge in [-0.1, -0.05) is 145 Å². The van der Waals surface area contributed by atoms with Crippen molar-refractivity contribution in [2.24, 2.45) is 0 Å². The second kappa shape index (κ2) is 34.9. The lowest BCUT2D eigenvalue weighted by Crippen LogP contribution is -2.59. The van der Waals surface area contributed by atoms with Gasteiger partial charge in [0.2, 0.25) is 0 Å². The zero-order valence-electron chi connectivity index (χ0n) is 33.4. The predicted octanol–water partition coefficient (Wildman–Crippen LogP) is 8.27. The predicted molar refractivity (Wildman–Crippen MR) is 215 cm³/mol. The Hall–Kier alpha value is -2.60. The molecular weight excluding hydrogens is 688 g/mol. The number of aliphatic hydroxyl groups is 4. The molecule has 2 unspecified atom stereocenters. The van der Waals surface area contributed by atoms with Crippen LogP contribution in [0.25, 0.3) is 0 Å². The van der Waals surface area contributed by atoms with E-state index in [4.69, 9.17) is 18.9 Å². The van der Waals surface area contributed by atoms with Crippen molar-refractivity contribution in [2.45, 2.75) is 185 Å². The van der Waals surface area contributed by atoms with Gasteiger partial charge in [0.15, 0.2) is 12.4 Å². The number of unbranched alkanes of at least 4 members (excludes halogenated alkanes) is 12. The van der Waals surface area contributed by atoms with Crippen LogP contribution >= 0.6 is 0 Å². The minimum atomic E-state index is -1.60. The third-order valence-corrected chi connectivity index (χ3v) is 9.17. The Bertz CT molecular complexity index is 1070. The summed E-state index contributed by atoms with van der Waals surface area (Å²) in [6.45, 7) is 3.23. The van der Waals surface area contributed by atoms with Crippen LogP contribution in [0.5, 0.6) is 0 Å². The molecule has 54 heavy (non-hydrogen) atoms. The Morgan fingerprint density at radius 1 is 0.593 bits per heavy atom. The van der Waals surface area contributed by atoms with Crippen LogP contribution in [0, 0.1) is 0 Å². The lowest BCUT2D eigenvalue weighted by Gasteiger charge is -2.39. The molecule has 1 aliphatic heterocycles. The van der Waals surface area contributed by atoms with E-state index in [0.717, 1.165) is 57.8 Å². The van der Waals surface area contributed by atoms with Crippen LogP contribution in [0.3, 0.4) is 0 Å². The van der Waals surface area contributed by atoms with Gasteiger partial charge in [0.25, 0.3) is 0 Å². The van der Waals surface area contributed by atoms with Gasteiger partial charge in [-0.3, -0.25) is 9.59 Å². The quantitative estimate of drug-likeness (QED) is 0.0292. The van der Waals surface area contributed by atoms with Gasteiger partial charge in [0, 0.05) is 12.8 Å². The average molecular weight is 763 g/mol. The van der Waals surface area contributed by atoms with Crippen molar-refractivity contribution in [3.05, 3.63) is 60.8 Å². The van der Waals surface area contributed by atoms with E-state index < -0.39 is 55.4 Å². The lowest BCUT2D eigenvalue weighted by atomic mass is 9.99. The average Bonchev–Trinajstić information content (AvgIpc) is 3.17. The zero-order valence-corrected chi connectivity index (χ0v) is 33.4. The molecule has 1 heterocycles. The summed E-state index contributed by atoms with van der Waals surface area (Å²) < 4.78 is 22.0. The fraction of sp³-hybridized carbons (Fsp3) is 0.727. The second-order valence-corrected chi connectivity index (χ2v) is 14.1. The molecule has 10 heteroatoms. The summed E-state index contributed by atoms with van der Waals surface area (Å²) in [4.78, 5) is 25.2. The van der Waals surface area contributed by atoms with Crippen molar-refractivity contribution < 1.29 is 49.0 Å². The number of aliphatic hydroxyl groups excluding tert-OH is 4. The molecule has 1 aliphatic rings. The molecular formula is C44H74O10. The van der Waals surface area contributed by atoms with Gasteiger partial charge >= 0.3 is 11.9 Å². The van der Waals surface area contributed by atoms with E-state index in [1.54, 1.807) is 0 Å². The summed E-state index contributed by atoms with van der Waals surface area (Å²) in [6, 6.07) is 0. The van der Waals surface area contributed by atoms with Gasteiger partial charge in [-0.05, 0) is 51.4 Å². The molecule has 6 atom stereocenters. The fourth-order valence-electron chi connectivity index (χ4n) is 5.87. The number of carbonyl (C=O) groups excluding carboxylic acids is 2. The van der Waals surface area contributed by atoms with E-state index in [9.17, 15) is 30.0 Å². The summed E-state index contributed by atoms with van der Waals surface area (Å²) in [5.41, 5.74) is 0. The summed E-state index contributed by atoms with van der Waals surface area (Å²) >= 11 is 0. The highest BCUT2D eigenvalue weighted by atomic mass is 16.7. The van der Waals surface area contributed by atoms with Gasteiger partial charge in [-0.15, -0.1) is 0 Å². The molecule has 10 nitrogen and oxygen atoms in total. The molecule has 1 saturated heterocycles. The van der Waals surface area contributed by atoms with E-state index >= 15 is 0 Å². The number of rotatable bonds is 33. The van der Waals surface area contributed by atoms with Crippen LogP contribution in [0.4, 0.5) is 0 Å². The van der Waals surface area contributed by atoms with Crippen LogP contribution in [-0.4, -0.2) is 89.0 Å². The fourth-order valence-corrected chi connectivity index (χ4v) is 5.87. The maximum absolute atomic E-state index is 12.7. The van der Waals surface area contributed by atoms with E-state index in [0.29, 0.717) is 12.8 Å². The minimum absolute atomic E-state index is 0.196. The Kier molecular flexibility index (Phi) is 31.9. The monoisotopic (exact) mass is 763 g/mol. The van der Waals surface area contributed by atoms with Crippen LogP contribution in [0.1, 0.15) is 149 Å². The summed E-state index contributed by atoms with van der Waals surface area (Å²) in [5.74, 6) is -0.879. The lowest BCUT2D eigenvalue weighted by molar-refractivity contribution is -0.305. The third kappa shape index (κ3) is 26.2. The molecule has 0 saturated carbocycles. The smallest absolute Gasteiger partial charge is 0.306 e. The molecule has 0 aromatic carbocycles. The van der Waals surface area contributed by atoms with Crippen molar-refractivity contribution in [1.29, 1.82) is 0 Å². The Morgan fingerprint density at radius 3 is 1.63 bits per heavy atom. The highest BCUT2D eigenvalue weighted by molar-refractivity contribution is 5.70. The topological polar surface area (TPSA) is 152 Å². The molecule has 0 aromatic heterocycles. The highest BCUT2D eigenvalue weighted by Gasteiger charge is 2.44. The van der Waals surface area contributed by atoms with Gasteiger partial charge in [0.05, 0.1) is 13.2 Å². The SMILES string of the molecule is CC/C=C/C/C=C/C/C=C/C/C=C/C/C=C/CCCC(=O)OC[C@@H](CO[C@H]1O[C@@H](CO)[C@@H](O)C(O)C1O)OC(=O)CCCCCCCCCCCCCC. The summed E-state index contributed by atoms with van der Waals surface area (Å²) in [6.07, 6.45) is 33.8. The first-order chi connectivity index (χ1) is 26.3. The first-order valence-electron chi connectivity index (χ1n) is 20.9. The molecule has 0 aliphatic carbocycles. The van der Waals surface area contributed by atoms with E-state index in [-0.39, 0.29) is 26.1 Å². The standard InChI is InChI=1S/C44H74O10/c1-3-5-7-9-11-13-15-17-18-19-20-21-23-24-26-28-30-32-39(46)51-35-37(36-52-44-43(50)42(49)41(48)38(34-45)54-44)53-40(47)33-31-29-27-25-22-16-14-12-10-8-6-4-2/h5,7,11,13,17-18,20-21,24,26,37-38,41-45,48-50H,3-4,6,8-10,12,14-16,19,22-23,25,27-36H2,1-2H3/b7-5+,13-11+,18-17+,21-20+,26-24+/t37-,38-,41+,42?,43?,44-/m0/s1. The maximum atomic E-state index is 12.7. The molecule has 4 N–H and O–H groups in total. The van der Waals surface area contributed by atoms with Gasteiger partial charge in [0.1, 0.15) is 31.0 Å². The number of hydrogen-bond donors (Lipinski definition) is 4. The van der Waals surface area contributed by atoms with E-state index in [2.05, 4.69) is 68.5 Å². The normalized spacial score (nSPS) is 21.3. The number of esters is 2. The molecule has 1 fully saturated rings. The molecule has 0 amide bonds. The maximum Gasteiger partial charge on any atom is 0.306 e. The van der Waals surface area contributed by atoms with E-state index in [1.807, 2.05) is 6.08 Å². The first-order valence-corrected chi connectivity index (χ1v) is 20.9. The highest BCUT2D eigenvalue weighted by Crippen LogP contribution is 2.22. The number of allylic oxidation sites excluding steroid dienone is 10. The Labute approximate surface area is 326 Å². The molecule has 0 bridgehead atoms. The zero-order chi connectivity index (χ0) is 39.5. The molecule has 0 spiro atoms. The van der Waals surface area contributed by atoms with E-state index in [1.165, 1.54) is 51.4 Å². The molecule has 1 rings (SSSR count). The molecule has 0 aromatic rings. The van der Waals surface area contributed by atoms with Crippen molar-refractivity contribution in [2.75, 3.05) is 19.8 Å². The third-order valence-electron chi connectivity index (χ3n) is 9.17. The number of carbonyl (C=O) groups is 2. The van der Waals surface area contributed by atoms with Crippen molar-refractivity contribution in [3.63, 3.8) is 0 Å². The van der Waals surface area contributed by atoms with Gasteiger partial charge < -0.3 is 39.4 Å². The van der Waals surface area contributed by atoms with Crippen LogP contribution in [0.15, 0.2) is 60.8 Å². The minimum Gasteiger partial charge on any atom is -0.462 e. The summed E-state index contributed by atoms with van der Waals surface area (Å²) in [5, 5.41) is 40.0. The van der Waals surface area contributed by atoms with Gasteiger partial charge in [-0.2, -0.15) is 0 Å². The summed E-state index contributed by atoms with van der Waals surface area (Å²) in [7, 11) is 0. The number of ether oxygens (including phenoxy) is 4. The number of hydrogen-bond acceptors (Lipinski definition) is 10. The second-order valence-electron chi connectivity index (χ2n) is 14.1. The van der Waals surface area contributed by atoms with Crippen LogP contribution in [0.2, 0.25) is 0 Å². The first kappa shape index (κ1) is 49.4. The van der Waals surface area contributed by atoms with Crippen molar-refractivity contribution in [3.8, 4) is 0 Å². The van der Waals surface area contributed by atoms with Crippen molar-refractivity contribution >= 4 is 11.9 Å². The van der Waals surface area contributed by atoms with Crippen LogP contribution < -0.4 is 0 Å². The molecule has 310 valence electrons. The Morgan fingerprint density at radius 2 is 1.09 bits per heavy atom. The molecule has 0 radical (unpaired) electrons. The van der Waals surface area contributed by atoms with Gasteiger partial charge in [-0.25, -0.2) is 0 Å². The largest absolute Gasteiger partial charge is 0.462 e. The Balaban J connectivity index is 2.41. The van der Waals surface area contributed by atoms with Crippen molar-refractivity contribution in [1.82, 2.24) is 0 Å².